The van der Waals surface area contributed by atoms with Crippen LogP contribution in [0.2, 0.25) is 0 Å². The number of nitrogens with zero attached hydrogens (tertiary/aromatic N) is 2. The van der Waals surface area contributed by atoms with Gasteiger partial charge in [-0.15, -0.1) is 0 Å². The summed E-state index contributed by atoms with van der Waals surface area (Å²) in [4.78, 5) is 22.9. The van der Waals surface area contributed by atoms with Gasteiger partial charge >= 0.3 is 0 Å². The van der Waals surface area contributed by atoms with Crippen LogP contribution in [-0.2, 0) is 6.54 Å². The van der Waals surface area contributed by atoms with Crippen LogP contribution in [0.1, 0.15) is 33.2 Å². The summed E-state index contributed by atoms with van der Waals surface area (Å²) in [6, 6.07) is 13.1. The molecule has 0 radical (unpaired) electrons. The molecular formula is C22H23N3O4. The van der Waals surface area contributed by atoms with E-state index in [4.69, 9.17) is 14.2 Å². The smallest absolute Gasteiger partial charge is 0.258 e. The summed E-state index contributed by atoms with van der Waals surface area (Å²) >= 11 is 0. The van der Waals surface area contributed by atoms with E-state index in [1.165, 1.54) is 0 Å². The molecule has 7 heteroatoms. The normalized spacial score (nSPS) is 15.6. The number of carbonyl (C=O) groups is 1. The van der Waals surface area contributed by atoms with Gasteiger partial charge in [0.25, 0.3) is 5.91 Å². The van der Waals surface area contributed by atoms with E-state index in [2.05, 4.69) is 9.97 Å². The first-order valence-corrected chi connectivity index (χ1v) is 9.32. The predicted octanol–water partition coefficient (Wildman–Crippen LogP) is 3.22. The van der Waals surface area contributed by atoms with E-state index >= 15 is 0 Å². The summed E-state index contributed by atoms with van der Waals surface area (Å²) in [5, 5.41) is 0. The number of amides is 1. The number of carbonyl (C=O) groups excluding carboxylic acids is 1. The molecule has 1 atom stereocenters. The Morgan fingerprint density at radius 1 is 1.03 bits per heavy atom. The average Bonchev–Trinajstić information content (AvgIpc) is 3.26. The third kappa shape index (κ3) is 3.51. The van der Waals surface area contributed by atoms with Gasteiger partial charge in [-0.3, -0.25) is 4.79 Å². The van der Waals surface area contributed by atoms with Gasteiger partial charge in [-0.25, -0.2) is 4.98 Å². The number of imidazole rings is 1. The number of hydrogen-bond donors (Lipinski definition) is 1. The van der Waals surface area contributed by atoms with Gasteiger partial charge in [-0.2, -0.15) is 0 Å². The summed E-state index contributed by atoms with van der Waals surface area (Å²) in [5.41, 5.74) is 3.50. The molecule has 3 aromatic rings. The summed E-state index contributed by atoms with van der Waals surface area (Å²) in [6.45, 7) is 0.994. The van der Waals surface area contributed by atoms with Crippen LogP contribution in [0.3, 0.4) is 0 Å². The van der Waals surface area contributed by atoms with Crippen LogP contribution in [0.4, 0.5) is 0 Å². The summed E-state index contributed by atoms with van der Waals surface area (Å²) in [7, 11) is 4.78. The van der Waals surface area contributed by atoms with Crippen molar-refractivity contribution in [1.82, 2.24) is 14.9 Å². The summed E-state index contributed by atoms with van der Waals surface area (Å²) in [6.07, 6.45) is 1.68. The zero-order valence-electron chi connectivity index (χ0n) is 16.6. The molecule has 150 valence electrons. The topological polar surface area (TPSA) is 76.7 Å². The van der Waals surface area contributed by atoms with Crippen LogP contribution in [-0.4, -0.2) is 48.6 Å². The molecule has 0 saturated heterocycles. The van der Waals surface area contributed by atoms with Crippen molar-refractivity contribution in [3.63, 3.8) is 0 Å². The highest BCUT2D eigenvalue weighted by Gasteiger charge is 2.32. The molecule has 1 aliphatic heterocycles. The molecule has 4 rings (SSSR count). The Morgan fingerprint density at radius 3 is 2.45 bits per heavy atom. The van der Waals surface area contributed by atoms with E-state index in [9.17, 15) is 4.79 Å². The first-order valence-electron chi connectivity index (χ1n) is 9.32. The number of H-pyrrole nitrogens is 1. The number of fused-ring (bicyclic) bond motifs is 1. The molecule has 0 bridgehead atoms. The number of aromatic amines is 1. The Kier molecular flexibility index (Phi) is 5.12. The van der Waals surface area contributed by atoms with E-state index in [1.807, 2.05) is 29.2 Å². The van der Waals surface area contributed by atoms with Gasteiger partial charge in [0.2, 0.25) is 0 Å². The van der Waals surface area contributed by atoms with Crippen molar-refractivity contribution in [2.75, 3.05) is 27.9 Å². The zero-order chi connectivity index (χ0) is 20.4. The van der Waals surface area contributed by atoms with Crippen LogP contribution in [0, 0.1) is 0 Å². The molecule has 1 aromatic heterocycles. The molecule has 7 nitrogen and oxygen atoms in total. The first kappa shape index (κ1) is 18.9. The Bertz CT molecular complexity index is 1010. The van der Waals surface area contributed by atoms with Crippen molar-refractivity contribution < 1.29 is 19.0 Å². The largest absolute Gasteiger partial charge is 0.497 e. The minimum absolute atomic E-state index is 0.0240. The second-order valence-corrected chi connectivity index (χ2v) is 6.84. The lowest BCUT2D eigenvalue weighted by Gasteiger charge is -2.32. The number of benzene rings is 2. The maximum atomic E-state index is 13.3. The lowest BCUT2D eigenvalue weighted by atomic mass is 9.90. The van der Waals surface area contributed by atoms with Gasteiger partial charge in [-0.05, 0) is 29.8 Å². The number of aromatic nitrogens is 2. The highest BCUT2D eigenvalue weighted by molar-refractivity contribution is 5.97. The van der Waals surface area contributed by atoms with Crippen molar-refractivity contribution in [1.29, 1.82) is 0 Å². The SMILES string of the molecule is COc1ccc(C2CN(C(=O)c3ccc(OC)cc3OC)Cc3[nH]cnc32)cc1. The molecular weight excluding hydrogens is 370 g/mol. The van der Waals surface area contributed by atoms with E-state index < -0.39 is 0 Å². The van der Waals surface area contributed by atoms with Gasteiger partial charge in [0.1, 0.15) is 17.2 Å². The molecule has 1 unspecified atom stereocenters. The summed E-state index contributed by atoms with van der Waals surface area (Å²) < 4.78 is 15.9. The third-order valence-electron chi connectivity index (χ3n) is 5.28. The predicted molar refractivity (Wildman–Crippen MR) is 108 cm³/mol. The molecule has 0 spiro atoms. The zero-order valence-corrected chi connectivity index (χ0v) is 16.6. The van der Waals surface area contributed by atoms with Crippen LogP contribution in [0.5, 0.6) is 17.2 Å². The molecule has 0 fully saturated rings. The highest BCUT2D eigenvalue weighted by atomic mass is 16.5. The lowest BCUT2D eigenvalue weighted by Crippen LogP contribution is -2.38. The van der Waals surface area contributed by atoms with Gasteiger partial charge in [-0.1, -0.05) is 12.1 Å². The molecule has 2 aromatic carbocycles. The van der Waals surface area contributed by atoms with Crippen molar-refractivity contribution in [2.45, 2.75) is 12.5 Å². The Morgan fingerprint density at radius 2 is 1.76 bits per heavy atom. The average molecular weight is 393 g/mol. The van der Waals surface area contributed by atoms with Gasteiger partial charge < -0.3 is 24.1 Å². The van der Waals surface area contributed by atoms with Gasteiger partial charge in [0, 0.05) is 18.5 Å². The van der Waals surface area contributed by atoms with E-state index in [1.54, 1.807) is 45.9 Å². The minimum Gasteiger partial charge on any atom is -0.497 e. The second kappa shape index (κ2) is 7.87. The fourth-order valence-electron chi connectivity index (χ4n) is 3.72. The molecule has 1 aliphatic rings. The fraction of sp³-hybridized carbons (Fsp3) is 0.273. The maximum Gasteiger partial charge on any atom is 0.258 e. The molecule has 1 N–H and O–H groups in total. The number of hydrogen-bond acceptors (Lipinski definition) is 5. The van der Waals surface area contributed by atoms with Crippen molar-refractivity contribution in [2.24, 2.45) is 0 Å². The lowest BCUT2D eigenvalue weighted by molar-refractivity contribution is 0.0718. The maximum absolute atomic E-state index is 13.3. The minimum atomic E-state index is -0.0942. The molecule has 29 heavy (non-hydrogen) atoms. The fourth-order valence-corrected chi connectivity index (χ4v) is 3.72. The molecule has 0 aliphatic carbocycles. The number of rotatable bonds is 5. The highest BCUT2D eigenvalue weighted by Crippen LogP contribution is 2.34. The molecule has 0 saturated carbocycles. The van der Waals surface area contributed by atoms with Crippen LogP contribution < -0.4 is 14.2 Å². The summed E-state index contributed by atoms with van der Waals surface area (Å²) in [5.74, 6) is 1.81. The van der Waals surface area contributed by atoms with E-state index in [0.29, 0.717) is 30.2 Å². The number of methoxy groups -OCH3 is 3. The van der Waals surface area contributed by atoms with Crippen molar-refractivity contribution in [3.05, 3.63) is 71.3 Å². The Labute approximate surface area is 169 Å². The van der Waals surface area contributed by atoms with Gasteiger partial charge in [0.05, 0.1) is 51.2 Å². The quantitative estimate of drug-likeness (QED) is 0.720. The monoisotopic (exact) mass is 393 g/mol. The van der Waals surface area contributed by atoms with E-state index in [0.717, 1.165) is 22.7 Å². The van der Waals surface area contributed by atoms with Crippen LogP contribution in [0.25, 0.3) is 0 Å². The van der Waals surface area contributed by atoms with Crippen molar-refractivity contribution in [3.8, 4) is 17.2 Å². The van der Waals surface area contributed by atoms with Gasteiger partial charge in [0.15, 0.2) is 0 Å². The second-order valence-electron chi connectivity index (χ2n) is 6.84. The Balaban J connectivity index is 1.66. The van der Waals surface area contributed by atoms with Crippen molar-refractivity contribution >= 4 is 5.91 Å². The Hall–Kier alpha value is -3.48. The van der Waals surface area contributed by atoms with Crippen LogP contribution in [0.15, 0.2) is 48.8 Å². The number of nitrogens with one attached hydrogen (secondary N) is 1. The van der Waals surface area contributed by atoms with Crippen LogP contribution >= 0.6 is 0 Å². The molecule has 1 amide bonds. The third-order valence-corrected chi connectivity index (χ3v) is 5.28. The van der Waals surface area contributed by atoms with E-state index in [-0.39, 0.29) is 11.8 Å². The first-order chi connectivity index (χ1) is 14.1. The standard InChI is InChI=1S/C22H23N3O4/c1-27-15-6-4-14(5-7-15)18-11-25(12-19-21(18)24-13-23-19)22(26)17-9-8-16(28-2)10-20(17)29-3/h4-10,13,18H,11-12H2,1-3H3,(H,23,24). The number of ether oxygens (including phenoxy) is 3. The molecule has 2 heterocycles.